The maximum Gasteiger partial charge on any atom is 0.227 e. The van der Waals surface area contributed by atoms with Crippen LogP contribution in [0, 0.1) is 6.92 Å². The lowest BCUT2D eigenvalue weighted by Crippen LogP contribution is -2.30. The summed E-state index contributed by atoms with van der Waals surface area (Å²) in [6.07, 6.45) is 4.70. The van der Waals surface area contributed by atoms with Gasteiger partial charge in [0.1, 0.15) is 0 Å². The van der Waals surface area contributed by atoms with Crippen molar-refractivity contribution in [3.63, 3.8) is 0 Å². The maximum absolute atomic E-state index is 12.5. The monoisotopic (exact) mass is 361 g/mol. The van der Waals surface area contributed by atoms with E-state index in [1.54, 1.807) is 0 Å². The van der Waals surface area contributed by atoms with Crippen molar-refractivity contribution in [3.05, 3.63) is 83.7 Å². The number of carbonyl (C=O) groups excluding carboxylic acids is 1. The predicted molar refractivity (Wildman–Crippen MR) is 109 cm³/mol. The van der Waals surface area contributed by atoms with Gasteiger partial charge in [-0.05, 0) is 49.4 Å². The molecule has 2 aromatic carbocycles. The third-order valence-electron chi connectivity index (χ3n) is 4.87. The summed E-state index contributed by atoms with van der Waals surface area (Å²) in [5.41, 5.74) is 4.41. The molecule has 0 saturated heterocycles. The molecule has 0 aliphatic rings. The molecule has 140 valence electrons. The topological polar surface area (TPSA) is 46.9 Å². The molecule has 0 radical (unpaired) electrons. The van der Waals surface area contributed by atoms with Crippen molar-refractivity contribution in [2.75, 3.05) is 6.54 Å². The zero-order valence-electron chi connectivity index (χ0n) is 16.1. The SMILES string of the molecule is CCC(C(=O)NCCCc1cn(-c2ccccc2)nc1C)c1ccccc1. The van der Waals surface area contributed by atoms with Crippen LogP contribution in [0.3, 0.4) is 0 Å². The first kappa shape index (κ1) is 18.9. The van der Waals surface area contributed by atoms with E-state index in [0.29, 0.717) is 6.54 Å². The molecule has 0 bridgehead atoms. The number of hydrogen-bond donors (Lipinski definition) is 1. The fourth-order valence-electron chi connectivity index (χ4n) is 3.33. The molecule has 1 heterocycles. The van der Waals surface area contributed by atoms with E-state index < -0.39 is 0 Å². The fraction of sp³-hybridized carbons (Fsp3) is 0.304. The zero-order chi connectivity index (χ0) is 19.1. The molecule has 0 aliphatic carbocycles. The van der Waals surface area contributed by atoms with Crippen molar-refractivity contribution in [2.24, 2.45) is 0 Å². The van der Waals surface area contributed by atoms with Crippen LogP contribution in [0.5, 0.6) is 0 Å². The van der Waals surface area contributed by atoms with E-state index in [2.05, 4.69) is 23.5 Å². The molecule has 4 heteroatoms. The van der Waals surface area contributed by atoms with Crippen LogP contribution in [0.15, 0.2) is 66.9 Å². The maximum atomic E-state index is 12.5. The molecule has 1 unspecified atom stereocenters. The second-order valence-electron chi connectivity index (χ2n) is 6.79. The van der Waals surface area contributed by atoms with Crippen LogP contribution in [0.1, 0.15) is 42.5 Å². The quantitative estimate of drug-likeness (QED) is 0.604. The number of benzene rings is 2. The van der Waals surface area contributed by atoms with Crippen molar-refractivity contribution in [1.29, 1.82) is 0 Å². The molecule has 27 heavy (non-hydrogen) atoms. The highest BCUT2D eigenvalue weighted by Crippen LogP contribution is 2.19. The van der Waals surface area contributed by atoms with Crippen molar-refractivity contribution >= 4 is 5.91 Å². The molecule has 0 aliphatic heterocycles. The molecule has 3 aromatic rings. The molecule has 1 N–H and O–H groups in total. The average molecular weight is 361 g/mol. The highest BCUT2D eigenvalue weighted by Gasteiger charge is 2.17. The van der Waals surface area contributed by atoms with Crippen LogP contribution in [-0.2, 0) is 11.2 Å². The van der Waals surface area contributed by atoms with Crippen molar-refractivity contribution in [2.45, 2.75) is 39.0 Å². The fourth-order valence-corrected chi connectivity index (χ4v) is 3.33. The van der Waals surface area contributed by atoms with Gasteiger partial charge in [0.05, 0.1) is 17.3 Å². The van der Waals surface area contributed by atoms with Crippen molar-refractivity contribution < 1.29 is 4.79 Å². The number of amides is 1. The summed E-state index contributed by atoms with van der Waals surface area (Å²) in [6.45, 7) is 4.77. The minimum atomic E-state index is -0.0752. The van der Waals surface area contributed by atoms with E-state index in [4.69, 9.17) is 0 Å². The average Bonchev–Trinajstić information content (AvgIpc) is 3.08. The summed E-state index contributed by atoms with van der Waals surface area (Å²) < 4.78 is 1.92. The third-order valence-corrected chi connectivity index (χ3v) is 4.87. The number of nitrogens with zero attached hydrogens (tertiary/aromatic N) is 2. The van der Waals surface area contributed by atoms with E-state index in [9.17, 15) is 4.79 Å². The smallest absolute Gasteiger partial charge is 0.227 e. The molecule has 1 amide bonds. The van der Waals surface area contributed by atoms with Gasteiger partial charge < -0.3 is 5.32 Å². The van der Waals surface area contributed by atoms with E-state index >= 15 is 0 Å². The van der Waals surface area contributed by atoms with E-state index in [0.717, 1.165) is 36.2 Å². The van der Waals surface area contributed by atoms with Gasteiger partial charge in [0, 0.05) is 12.7 Å². The highest BCUT2D eigenvalue weighted by atomic mass is 16.1. The Kier molecular flexibility index (Phi) is 6.42. The van der Waals surface area contributed by atoms with Gasteiger partial charge in [-0.3, -0.25) is 4.79 Å². The Bertz CT molecular complexity index is 856. The number of hydrogen-bond acceptors (Lipinski definition) is 2. The summed E-state index contributed by atoms with van der Waals surface area (Å²) in [6, 6.07) is 20.1. The van der Waals surface area contributed by atoms with E-state index in [-0.39, 0.29) is 11.8 Å². The Morgan fingerprint density at radius 3 is 2.41 bits per heavy atom. The van der Waals surface area contributed by atoms with Crippen LogP contribution in [-0.4, -0.2) is 22.2 Å². The number of carbonyl (C=O) groups is 1. The van der Waals surface area contributed by atoms with Crippen molar-refractivity contribution in [3.8, 4) is 5.69 Å². The molecule has 3 rings (SSSR count). The van der Waals surface area contributed by atoms with Crippen LogP contribution in [0.4, 0.5) is 0 Å². The molecule has 0 fully saturated rings. The van der Waals surface area contributed by atoms with Gasteiger partial charge in [0.15, 0.2) is 0 Å². The first-order chi connectivity index (χ1) is 13.2. The predicted octanol–water partition coefficient (Wildman–Crippen LogP) is 4.42. The molecular formula is C23H27N3O. The second kappa shape index (κ2) is 9.17. The molecule has 0 spiro atoms. The van der Waals surface area contributed by atoms with E-state index in [1.807, 2.05) is 72.3 Å². The lowest BCUT2D eigenvalue weighted by atomic mass is 9.95. The van der Waals surface area contributed by atoms with Crippen molar-refractivity contribution in [1.82, 2.24) is 15.1 Å². The zero-order valence-corrected chi connectivity index (χ0v) is 16.1. The normalized spacial score (nSPS) is 11.9. The lowest BCUT2D eigenvalue weighted by molar-refractivity contribution is -0.122. The van der Waals surface area contributed by atoms with Gasteiger partial charge in [-0.25, -0.2) is 4.68 Å². The second-order valence-corrected chi connectivity index (χ2v) is 6.79. The molecular weight excluding hydrogens is 334 g/mol. The Balaban J connectivity index is 1.51. The Morgan fingerprint density at radius 2 is 1.74 bits per heavy atom. The van der Waals surface area contributed by atoms with Crippen LogP contribution >= 0.6 is 0 Å². The minimum Gasteiger partial charge on any atom is -0.356 e. The first-order valence-electron chi connectivity index (χ1n) is 9.62. The van der Waals surface area contributed by atoms with Gasteiger partial charge in [0.25, 0.3) is 0 Å². The minimum absolute atomic E-state index is 0.0752. The first-order valence-corrected chi connectivity index (χ1v) is 9.62. The highest BCUT2D eigenvalue weighted by molar-refractivity contribution is 5.83. The summed E-state index contributed by atoms with van der Waals surface area (Å²) >= 11 is 0. The van der Waals surface area contributed by atoms with Gasteiger partial charge in [-0.15, -0.1) is 0 Å². The van der Waals surface area contributed by atoms with Crippen LogP contribution < -0.4 is 5.32 Å². The number of nitrogens with one attached hydrogen (secondary N) is 1. The van der Waals surface area contributed by atoms with Gasteiger partial charge >= 0.3 is 0 Å². The number of aryl methyl sites for hydroxylation is 2. The summed E-state index contributed by atoms with van der Waals surface area (Å²) in [4.78, 5) is 12.5. The van der Waals surface area contributed by atoms with Crippen LogP contribution in [0.25, 0.3) is 5.69 Å². The Labute approximate surface area is 161 Å². The Morgan fingerprint density at radius 1 is 1.07 bits per heavy atom. The van der Waals surface area contributed by atoms with Gasteiger partial charge in [-0.2, -0.15) is 5.10 Å². The van der Waals surface area contributed by atoms with Crippen LogP contribution in [0.2, 0.25) is 0 Å². The largest absolute Gasteiger partial charge is 0.356 e. The number of aromatic nitrogens is 2. The Hall–Kier alpha value is -2.88. The van der Waals surface area contributed by atoms with Gasteiger partial charge in [0.2, 0.25) is 5.91 Å². The summed E-state index contributed by atoms with van der Waals surface area (Å²) in [5, 5.41) is 7.70. The number of para-hydroxylation sites is 1. The third kappa shape index (κ3) is 4.85. The van der Waals surface area contributed by atoms with Gasteiger partial charge in [-0.1, -0.05) is 55.5 Å². The molecule has 0 saturated carbocycles. The molecule has 1 aromatic heterocycles. The molecule has 4 nitrogen and oxygen atoms in total. The molecule has 1 atom stereocenters. The summed E-state index contributed by atoms with van der Waals surface area (Å²) in [5.74, 6) is 0.0363. The number of rotatable bonds is 8. The summed E-state index contributed by atoms with van der Waals surface area (Å²) in [7, 11) is 0. The van der Waals surface area contributed by atoms with E-state index in [1.165, 1.54) is 5.56 Å². The lowest BCUT2D eigenvalue weighted by Gasteiger charge is -2.15. The standard InChI is InChI=1S/C23H27N3O/c1-3-22(19-11-6-4-7-12-19)23(27)24-16-10-13-20-17-26(25-18(20)2)21-14-8-5-9-15-21/h4-9,11-12,14-15,17,22H,3,10,13,16H2,1-2H3,(H,24,27).